The van der Waals surface area contributed by atoms with Gasteiger partial charge in [0.1, 0.15) is 5.75 Å². The first-order valence-electron chi connectivity index (χ1n) is 7.62. The molecule has 1 saturated heterocycles. The highest BCUT2D eigenvalue weighted by molar-refractivity contribution is 5.65. The maximum atomic E-state index is 5.38. The molecular formula is C16H21N5O. The summed E-state index contributed by atoms with van der Waals surface area (Å²) in [6.07, 6.45) is 5.29. The van der Waals surface area contributed by atoms with Crippen LogP contribution in [0.1, 0.15) is 24.8 Å². The summed E-state index contributed by atoms with van der Waals surface area (Å²) < 4.78 is 5.38. The van der Waals surface area contributed by atoms with Gasteiger partial charge in [-0.05, 0) is 43.9 Å². The molecule has 1 aliphatic heterocycles. The number of anilines is 3. The second kappa shape index (κ2) is 6.60. The zero-order chi connectivity index (χ0) is 15.4. The van der Waals surface area contributed by atoms with Crippen molar-refractivity contribution in [3.8, 4) is 5.75 Å². The first kappa shape index (κ1) is 14.6. The van der Waals surface area contributed by atoms with Crippen molar-refractivity contribution in [1.82, 2.24) is 15.2 Å². The molecule has 1 aromatic heterocycles. The van der Waals surface area contributed by atoms with E-state index in [2.05, 4.69) is 25.4 Å². The SMILES string of the molecule is COc1ccc(C)cc1Nc1cnnc(N2CCCCC2)n1. The average molecular weight is 299 g/mol. The van der Waals surface area contributed by atoms with Crippen molar-refractivity contribution in [2.24, 2.45) is 0 Å². The van der Waals surface area contributed by atoms with Gasteiger partial charge in [-0.25, -0.2) is 0 Å². The lowest BCUT2D eigenvalue weighted by Gasteiger charge is -2.26. The molecular weight excluding hydrogens is 278 g/mol. The van der Waals surface area contributed by atoms with E-state index in [0.717, 1.165) is 30.1 Å². The molecule has 0 amide bonds. The number of piperidine rings is 1. The molecule has 1 aromatic carbocycles. The van der Waals surface area contributed by atoms with Gasteiger partial charge in [-0.15, -0.1) is 5.10 Å². The number of benzene rings is 1. The summed E-state index contributed by atoms with van der Waals surface area (Å²) in [5, 5.41) is 11.5. The normalized spacial score (nSPS) is 14.7. The van der Waals surface area contributed by atoms with Gasteiger partial charge in [-0.3, -0.25) is 0 Å². The Morgan fingerprint density at radius 1 is 1.18 bits per heavy atom. The predicted octanol–water partition coefficient (Wildman–Crippen LogP) is 2.92. The van der Waals surface area contributed by atoms with Gasteiger partial charge in [0.15, 0.2) is 5.82 Å². The smallest absolute Gasteiger partial charge is 0.247 e. The monoisotopic (exact) mass is 299 g/mol. The van der Waals surface area contributed by atoms with Crippen LogP contribution in [-0.4, -0.2) is 35.4 Å². The van der Waals surface area contributed by atoms with Gasteiger partial charge in [-0.2, -0.15) is 10.1 Å². The average Bonchev–Trinajstić information content (AvgIpc) is 2.56. The maximum absolute atomic E-state index is 5.38. The van der Waals surface area contributed by atoms with Crippen LogP contribution in [-0.2, 0) is 0 Å². The van der Waals surface area contributed by atoms with E-state index in [1.54, 1.807) is 13.3 Å². The van der Waals surface area contributed by atoms with Gasteiger partial charge >= 0.3 is 0 Å². The fraction of sp³-hybridized carbons (Fsp3) is 0.438. The molecule has 22 heavy (non-hydrogen) atoms. The summed E-state index contributed by atoms with van der Waals surface area (Å²) >= 11 is 0. The number of rotatable bonds is 4. The Balaban J connectivity index is 1.82. The van der Waals surface area contributed by atoms with Crippen LogP contribution < -0.4 is 15.0 Å². The van der Waals surface area contributed by atoms with Gasteiger partial charge in [0.2, 0.25) is 5.95 Å². The predicted molar refractivity (Wildman–Crippen MR) is 86.9 cm³/mol. The maximum Gasteiger partial charge on any atom is 0.247 e. The number of methoxy groups -OCH3 is 1. The van der Waals surface area contributed by atoms with E-state index in [9.17, 15) is 0 Å². The molecule has 0 unspecified atom stereocenters. The molecule has 3 rings (SSSR count). The first-order valence-corrected chi connectivity index (χ1v) is 7.62. The Kier molecular flexibility index (Phi) is 4.37. The molecule has 0 aliphatic carbocycles. The van der Waals surface area contributed by atoms with Gasteiger partial charge in [0, 0.05) is 13.1 Å². The van der Waals surface area contributed by atoms with Crippen LogP contribution in [0.15, 0.2) is 24.4 Å². The Bertz CT molecular complexity index is 640. The van der Waals surface area contributed by atoms with Crippen LogP contribution in [0.3, 0.4) is 0 Å². The highest BCUT2D eigenvalue weighted by atomic mass is 16.5. The van der Waals surface area contributed by atoms with E-state index in [1.807, 2.05) is 25.1 Å². The molecule has 1 aliphatic rings. The fourth-order valence-corrected chi connectivity index (χ4v) is 2.64. The number of aromatic nitrogens is 3. The molecule has 2 aromatic rings. The second-order valence-electron chi connectivity index (χ2n) is 5.52. The van der Waals surface area contributed by atoms with E-state index in [4.69, 9.17) is 4.74 Å². The number of ether oxygens (including phenoxy) is 1. The van der Waals surface area contributed by atoms with Crippen LogP contribution in [0.4, 0.5) is 17.5 Å². The third kappa shape index (κ3) is 3.27. The van der Waals surface area contributed by atoms with E-state index >= 15 is 0 Å². The summed E-state index contributed by atoms with van der Waals surface area (Å²) in [6, 6.07) is 5.99. The lowest BCUT2D eigenvalue weighted by molar-refractivity contribution is 0.416. The summed E-state index contributed by atoms with van der Waals surface area (Å²) in [4.78, 5) is 6.77. The Hall–Kier alpha value is -2.37. The van der Waals surface area contributed by atoms with E-state index < -0.39 is 0 Å². The largest absolute Gasteiger partial charge is 0.495 e. The van der Waals surface area contributed by atoms with Crippen molar-refractivity contribution in [3.05, 3.63) is 30.0 Å². The highest BCUT2D eigenvalue weighted by Crippen LogP contribution is 2.28. The van der Waals surface area contributed by atoms with Crippen LogP contribution >= 0.6 is 0 Å². The number of nitrogens with one attached hydrogen (secondary N) is 1. The molecule has 6 nitrogen and oxygen atoms in total. The molecule has 0 atom stereocenters. The number of hydrogen-bond acceptors (Lipinski definition) is 6. The standard InChI is InChI=1S/C16H21N5O/c1-12-6-7-14(22-2)13(10-12)18-15-11-17-20-16(19-15)21-8-4-3-5-9-21/h6-7,10-11H,3-5,8-9H2,1-2H3,(H,18,19,20). The fourth-order valence-electron chi connectivity index (χ4n) is 2.64. The summed E-state index contributed by atoms with van der Waals surface area (Å²) in [6.45, 7) is 4.04. The van der Waals surface area contributed by atoms with Crippen LogP contribution in [0.5, 0.6) is 5.75 Å². The second-order valence-corrected chi connectivity index (χ2v) is 5.52. The Labute approximate surface area is 130 Å². The van der Waals surface area contributed by atoms with E-state index in [1.165, 1.54) is 19.3 Å². The third-order valence-corrected chi connectivity index (χ3v) is 3.80. The minimum atomic E-state index is 0.680. The first-order chi connectivity index (χ1) is 10.8. The lowest BCUT2D eigenvalue weighted by Crippen LogP contribution is -2.31. The summed E-state index contributed by atoms with van der Waals surface area (Å²) in [5.74, 6) is 2.15. The molecule has 6 heteroatoms. The van der Waals surface area contributed by atoms with Gasteiger partial charge < -0.3 is 15.0 Å². The molecule has 0 saturated carbocycles. The van der Waals surface area contributed by atoms with Gasteiger partial charge in [-0.1, -0.05) is 6.07 Å². The van der Waals surface area contributed by atoms with Crippen LogP contribution in [0.25, 0.3) is 0 Å². The molecule has 1 fully saturated rings. The molecule has 0 spiro atoms. The van der Waals surface area contributed by atoms with E-state index in [-0.39, 0.29) is 0 Å². The topological polar surface area (TPSA) is 63.2 Å². The molecule has 116 valence electrons. The molecule has 2 heterocycles. The van der Waals surface area contributed by atoms with Crippen molar-refractivity contribution < 1.29 is 4.74 Å². The third-order valence-electron chi connectivity index (χ3n) is 3.80. The van der Waals surface area contributed by atoms with Crippen molar-refractivity contribution in [1.29, 1.82) is 0 Å². The number of hydrogen-bond donors (Lipinski definition) is 1. The van der Waals surface area contributed by atoms with E-state index in [0.29, 0.717) is 11.8 Å². The van der Waals surface area contributed by atoms with Gasteiger partial charge in [0.25, 0.3) is 0 Å². The quantitative estimate of drug-likeness (QED) is 0.936. The van der Waals surface area contributed by atoms with Crippen molar-refractivity contribution in [2.45, 2.75) is 26.2 Å². The molecule has 0 radical (unpaired) electrons. The zero-order valence-corrected chi connectivity index (χ0v) is 13.0. The Morgan fingerprint density at radius 3 is 2.77 bits per heavy atom. The van der Waals surface area contributed by atoms with Crippen molar-refractivity contribution in [3.63, 3.8) is 0 Å². The van der Waals surface area contributed by atoms with Crippen molar-refractivity contribution >= 4 is 17.5 Å². The zero-order valence-electron chi connectivity index (χ0n) is 13.0. The molecule has 0 bridgehead atoms. The number of aryl methyl sites for hydroxylation is 1. The minimum Gasteiger partial charge on any atom is -0.495 e. The lowest BCUT2D eigenvalue weighted by atomic mass is 10.1. The Morgan fingerprint density at radius 2 is 2.00 bits per heavy atom. The minimum absolute atomic E-state index is 0.680. The van der Waals surface area contributed by atoms with Gasteiger partial charge in [0.05, 0.1) is 19.0 Å². The van der Waals surface area contributed by atoms with Crippen molar-refractivity contribution in [2.75, 3.05) is 30.4 Å². The summed E-state index contributed by atoms with van der Waals surface area (Å²) in [5.41, 5.74) is 2.04. The number of nitrogens with zero attached hydrogens (tertiary/aromatic N) is 4. The summed E-state index contributed by atoms with van der Waals surface area (Å²) in [7, 11) is 1.66. The molecule has 1 N–H and O–H groups in total. The van der Waals surface area contributed by atoms with Crippen LogP contribution in [0, 0.1) is 6.92 Å². The van der Waals surface area contributed by atoms with Crippen LogP contribution in [0.2, 0.25) is 0 Å². The highest BCUT2D eigenvalue weighted by Gasteiger charge is 2.14.